The lowest BCUT2D eigenvalue weighted by Gasteiger charge is -2.49. The molecule has 1 heterocycles. The molecule has 0 radical (unpaired) electrons. The van der Waals surface area contributed by atoms with Gasteiger partial charge in [-0.2, -0.15) is 31.4 Å². The minimum Gasteiger partial charge on any atom is -0.299 e. The highest BCUT2D eigenvalue weighted by atomic mass is 19.4. The number of Topliss-reactive ketones (excluding diaryl/α,β-unsaturated/α-hetero) is 1. The Morgan fingerprint density at radius 2 is 1.32 bits per heavy atom. The Balaban J connectivity index is 1.86. The van der Waals surface area contributed by atoms with Crippen molar-refractivity contribution in [1.29, 1.82) is 0 Å². The van der Waals surface area contributed by atoms with E-state index in [0.29, 0.717) is 16.7 Å². The van der Waals surface area contributed by atoms with E-state index in [4.69, 9.17) is 0 Å². The third-order valence-corrected chi connectivity index (χ3v) is 5.78. The summed E-state index contributed by atoms with van der Waals surface area (Å²) in [6, 6.07) is 8.84. The van der Waals surface area contributed by atoms with E-state index < -0.39 is 34.8 Å². The van der Waals surface area contributed by atoms with Crippen molar-refractivity contribution >= 4 is 5.78 Å². The number of hydrogen-bond donors (Lipinski definition) is 0. The Morgan fingerprint density at radius 3 is 1.65 bits per heavy atom. The highest BCUT2D eigenvalue weighted by Gasteiger charge is 2.56. The van der Waals surface area contributed by atoms with Crippen LogP contribution in [0.4, 0.5) is 26.3 Å². The van der Waals surface area contributed by atoms with Crippen LogP contribution in [0.15, 0.2) is 60.9 Å². The van der Waals surface area contributed by atoms with Gasteiger partial charge in [0, 0.05) is 30.6 Å². The highest BCUT2D eigenvalue weighted by Crippen LogP contribution is 2.56. The predicted octanol–water partition coefficient (Wildman–Crippen LogP) is 5.50. The third kappa shape index (κ3) is 3.51. The summed E-state index contributed by atoms with van der Waals surface area (Å²) in [6.45, 7) is 0. The van der Waals surface area contributed by atoms with Crippen molar-refractivity contribution in [2.45, 2.75) is 30.1 Å². The lowest BCUT2D eigenvalue weighted by atomic mass is 9.51. The number of ketones is 1. The highest BCUT2D eigenvalue weighted by molar-refractivity contribution is 5.97. The molecule has 1 aliphatic carbocycles. The van der Waals surface area contributed by atoms with Gasteiger partial charge in [-0.15, -0.1) is 0 Å². The molecule has 4 rings (SSSR count). The average Bonchev–Trinajstić information content (AvgIpc) is 3.09. The van der Waals surface area contributed by atoms with Crippen molar-refractivity contribution < 1.29 is 31.1 Å². The van der Waals surface area contributed by atoms with Crippen LogP contribution in [0, 0.1) is 0 Å². The fourth-order valence-electron chi connectivity index (χ4n) is 4.30. The number of halogens is 6. The fourth-order valence-corrected chi connectivity index (χ4v) is 4.30. The number of carbonyl (C=O) groups is 1. The molecule has 9 heteroatoms. The van der Waals surface area contributed by atoms with Gasteiger partial charge < -0.3 is 0 Å². The van der Waals surface area contributed by atoms with E-state index in [0.717, 1.165) is 24.3 Å². The molecule has 3 nitrogen and oxygen atoms in total. The summed E-state index contributed by atoms with van der Waals surface area (Å²) in [5.41, 5.74) is -1.38. The number of aromatic nitrogens is 2. The second kappa shape index (κ2) is 6.96. The molecule has 0 aliphatic heterocycles. The molecule has 1 unspecified atom stereocenters. The van der Waals surface area contributed by atoms with Crippen LogP contribution in [-0.4, -0.2) is 15.6 Å². The van der Waals surface area contributed by atoms with Gasteiger partial charge in [-0.25, -0.2) is 0 Å². The van der Waals surface area contributed by atoms with Crippen LogP contribution in [-0.2, 0) is 29.6 Å². The van der Waals surface area contributed by atoms with Crippen molar-refractivity contribution in [3.63, 3.8) is 0 Å². The fraction of sp³-hybridized carbons (Fsp3) is 0.273. The number of alkyl halides is 6. The quantitative estimate of drug-likeness (QED) is 0.506. The summed E-state index contributed by atoms with van der Waals surface area (Å²) in [5, 5.41) is 4.07. The Labute approximate surface area is 173 Å². The molecule has 1 aliphatic rings. The first-order valence-corrected chi connectivity index (χ1v) is 9.29. The van der Waals surface area contributed by atoms with E-state index in [1.54, 1.807) is 13.2 Å². The molecule has 1 fully saturated rings. The maximum absolute atomic E-state index is 13.0. The van der Waals surface area contributed by atoms with E-state index >= 15 is 0 Å². The number of rotatable bonds is 3. The molecule has 1 aromatic heterocycles. The van der Waals surface area contributed by atoms with Crippen LogP contribution in [0.2, 0.25) is 0 Å². The Morgan fingerprint density at radius 1 is 0.871 bits per heavy atom. The van der Waals surface area contributed by atoms with Crippen molar-refractivity contribution in [3.05, 3.63) is 88.7 Å². The summed E-state index contributed by atoms with van der Waals surface area (Å²) in [6.07, 6.45) is -5.98. The largest absolute Gasteiger partial charge is 0.416 e. The smallest absolute Gasteiger partial charge is 0.299 e. The van der Waals surface area contributed by atoms with Crippen LogP contribution in [0.1, 0.15) is 40.2 Å². The zero-order valence-electron chi connectivity index (χ0n) is 16.1. The van der Waals surface area contributed by atoms with Crippen molar-refractivity contribution in [3.8, 4) is 0 Å². The maximum Gasteiger partial charge on any atom is 0.416 e. The molecule has 1 saturated carbocycles. The monoisotopic (exact) mass is 438 g/mol. The zero-order chi connectivity index (χ0) is 22.6. The van der Waals surface area contributed by atoms with Gasteiger partial charge in [0.15, 0.2) is 0 Å². The summed E-state index contributed by atoms with van der Waals surface area (Å²) < 4.78 is 79.6. The topological polar surface area (TPSA) is 34.9 Å². The first-order chi connectivity index (χ1) is 14.4. The molecule has 0 bridgehead atoms. The molecule has 0 spiro atoms. The van der Waals surface area contributed by atoms with Crippen molar-refractivity contribution in [1.82, 2.24) is 9.78 Å². The van der Waals surface area contributed by atoms with Gasteiger partial charge in [0.1, 0.15) is 5.78 Å². The first kappa shape index (κ1) is 21.1. The van der Waals surface area contributed by atoms with Crippen LogP contribution in [0.25, 0.3) is 0 Å². The van der Waals surface area contributed by atoms with E-state index in [1.807, 2.05) is 0 Å². The molecule has 0 amide bonds. The van der Waals surface area contributed by atoms with E-state index in [1.165, 1.54) is 35.1 Å². The van der Waals surface area contributed by atoms with Crippen LogP contribution in [0.5, 0.6) is 0 Å². The zero-order valence-corrected chi connectivity index (χ0v) is 16.1. The molecular weight excluding hydrogens is 422 g/mol. The molecular formula is C22H16F6N2O. The van der Waals surface area contributed by atoms with Crippen LogP contribution in [0.3, 0.4) is 0 Å². The van der Waals surface area contributed by atoms with Gasteiger partial charge in [-0.3, -0.25) is 9.48 Å². The van der Waals surface area contributed by atoms with Gasteiger partial charge in [0.2, 0.25) is 0 Å². The van der Waals surface area contributed by atoms with Gasteiger partial charge in [-0.05, 0) is 35.4 Å². The summed E-state index contributed by atoms with van der Waals surface area (Å²) in [5.74, 6) is -0.928. The lowest BCUT2D eigenvalue weighted by Crippen LogP contribution is -2.51. The Hall–Kier alpha value is -3.10. The number of benzene rings is 2. The molecule has 1 atom stereocenters. The van der Waals surface area contributed by atoms with E-state index in [9.17, 15) is 31.1 Å². The number of hydrogen-bond acceptors (Lipinski definition) is 2. The normalized spacial score (nSPS) is 18.7. The summed E-state index contributed by atoms with van der Waals surface area (Å²) in [4.78, 5) is 12.7. The number of aryl methyl sites for hydroxylation is 1. The standard InChI is InChI=1S/C22H16F6N2O/c1-30-12-13(11-29-30)19-18(31)10-20(19,14-2-6-16(7-3-14)21(23,24)25)15-4-8-17(9-5-15)22(26,27)28/h2-9,11-12,19H,10H2,1H3. The SMILES string of the molecule is Cn1cc(C2C(=O)CC2(c2ccc(C(F)(F)F)cc2)c2ccc(C(F)(F)F)cc2)cn1. The van der Waals surface area contributed by atoms with E-state index in [-0.39, 0.29) is 12.2 Å². The second-order valence-corrected chi connectivity index (χ2v) is 7.65. The minimum atomic E-state index is -4.53. The average molecular weight is 438 g/mol. The number of nitrogens with zero attached hydrogens (tertiary/aromatic N) is 2. The molecule has 31 heavy (non-hydrogen) atoms. The third-order valence-electron chi connectivity index (χ3n) is 5.78. The van der Waals surface area contributed by atoms with Crippen LogP contribution >= 0.6 is 0 Å². The summed E-state index contributed by atoms with van der Waals surface area (Å²) >= 11 is 0. The maximum atomic E-state index is 13.0. The first-order valence-electron chi connectivity index (χ1n) is 9.29. The Bertz CT molecular complexity index is 1050. The molecule has 0 saturated heterocycles. The minimum absolute atomic E-state index is 0.0384. The molecule has 3 aromatic rings. The van der Waals surface area contributed by atoms with Crippen molar-refractivity contribution in [2.75, 3.05) is 0 Å². The lowest BCUT2D eigenvalue weighted by molar-refractivity contribution is -0.138. The summed E-state index contributed by atoms with van der Waals surface area (Å²) in [7, 11) is 1.66. The van der Waals surface area contributed by atoms with Gasteiger partial charge in [0.05, 0.1) is 23.2 Å². The molecule has 0 N–H and O–H groups in total. The van der Waals surface area contributed by atoms with E-state index in [2.05, 4.69) is 5.10 Å². The Kier molecular flexibility index (Phi) is 4.75. The van der Waals surface area contributed by atoms with Crippen molar-refractivity contribution in [2.24, 2.45) is 7.05 Å². The molecule has 2 aromatic carbocycles. The van der Waals surface area contributed by atoms with Gasteiger partial charge >= 0.3 is 12.4 Å². The second-order valence-electron chi connectivity index (χ2n) is 7.65. The van der Waals surface area contributed by atoms with Crippen LogP contribution < -0.4 is 0 Å². The predicted molar refractivity (Wildman–Crippen MR) is 99.2 cm³/mol. The number of carbonyl (C=O) groups excluding carboxylic acids is 1. The van der Waals surface area contributed by atoms with Gasteiger partial charge in [0.25, 0.3) is 0 Å². The van der Waals surface area contributed by atoms with Gasteiger partial charge in [-0.1, -0.05) is 24.3 Å². The molecule has 162 valence electrons.